The van der Waals surface area contributed by atoms with Crippen molar-refractivity contribution in [3.8, 4) is 0 Å². The average Bonchev–Trinajstić information content (AvgIpc) is 1.86. The highest BCUT2D eigenvalue weighted by atomic mass is 19.1. The summed E-state index contributed by atoms with van der Waals surface area (Å²) >= 11 is 0. The highest BCUT2D eigenvalue weighted by molar-refractivity contribution is 4.91. The molecule has 1 aliphatic heterocycles. The number of allylic oxidation sites excluding steroid dienone is 1. The van der Waals surface area contributed by atoms with Gasteiger partial charge in [0.2, 0.25) is 0 Å². The fourth-order valence-corrected chi connectivity index (χ4v) is 1.49. The fraction of sp³-hybridized carbons (Fsp3) is 0.750. The van der Waals surface area contributed by atoms with Gasteiger partial charge in [-0.1, -0.05) is 6.08 Å². The number of piperidine rings is 1. The Labute approximate surface area is 66.3 Å². The Morgan fingerprint density at radius 2 is 2.45 bits per heavy atom. The Morgan fingerprint density at radius 3 is 3.00 bits per heavy atom. The Morgan fingerprint density at radius 1 is 1.73 bits per heavy atom. The van der Waals surface area contributed by atoms with Crippen LogP contribution in [0.2, 0.25) is 0 Å². The van der Waals surface area contributed by atoms with E-state index < -0.39 is 5.67 Å². The summed E-state index contributed by atoms with van der Waals surface area (Å²) in [5, 5.41) is 10.1. The van der Waals surface area contributed by atoms with Crippen molar-refractivity contribution in [2.24, 2.45) is 0 Å². The lowest BCUT2D eigenvalue weighted by Crippen LogP contribution is -2.43. The van der Waals surface area contributed by atoms with Crippen LogP contribution in [0.5, 0.6) is 0 Å². The summed E-state index contributed by atoms with van der Waals surface area (Å²) in [6.45, 7) is 4.20. The highest BCUT2D eigenvalue weighted by Crippen LogP contribution is 2.27. The number of hydrogen-bond donors (Lipinski definition) is 1. The zero-order valence-corrected chi connectivity index (χ0v) is 6.59. The van der Waals surface area contributed by atoms with E-state index in [1.54, 1.807) is 6.08 Å². The molecule has 0 aromatic carbocycles. The van der Waals surface area contributed by atoms with Crippen LogP contribution in [-0.4, -0.2) is 29.0 Å². The maximum absolute atomic E-state index is 13.6. The van der Waals surface area contributed by atoms with Crippen molar-refractivity contribution in [2.45, 2.75) is 24.9 Å². The van der Waals surface area contributed by atoms with Crippen molar-refractivity contribution in [3.05, 3.63) is 12.7 Å². The second-order valence-electron chi connectivity index (χ2n) is 3.14. The number of nitrogens with zero attached hydrogens (tertiary/aromatic N) is 1. The summed E-state index contributed by atoms with van der Waals surface area (Å²) in [5.74, 6) is 0. The van der Waals surface area contributed by atoms with Gasteiger partial charge < -0.3 is 5.21 Å². The van der Waals surface area contributed by atoms with Crippen LogP contribution >= 0.6 is 0 Å². The molecule has 1 fully saturated rings. The van der Waals surface area contributed by atoms with Crippen molar-refractivity contribution < 1.29 is 9.60 Å². The summed E-state index contributed by atoms with van der Waals surface area (Å²) in [5.41, 5.74) is -1.24. The third-order valence-corrected chi connectivity index (χ3v) is 2.02. The minimum Gasteiger partial charge on any atom is -0.314 e. The van der Waals surface area contributed by atoms with Crippen LogP contribution in [0.4, 0.5) is 4.39 Å². The maximum atomic E-state index is 13.6. The predicted molar refractivity (Wildman–Crippen MR) is 41.2 cm³/mol. The van der Waals surface area contributed by atoms with Crippen LogP contribution in [-0.2, 0) is 0 Å². The smallest absolute Gasteiger partial charge is 0.129 e. The Bertz CT molecular complexity index is 151. The molecule has 3 heteroatoms. The standard InChI is InChI=1S/C8H14FNO/c1-2-4-8(9)5-3-6-10(11)7-8/h2,11H,1,3-7H2/t8-/m0/s1. The molecule has 1 aliphatic rings. The van der Waals surface area contributed by atoms with Gasteiger partial charge in [-0.05, 0) is 12.8 Å². The Kier molecular flexibility index (Phi) is 2.62. The molecule has 0 radical (unpaired) electrons. The monoisotopic (exact) mass is 159 g/mol. The minimum absolute atomic E-state index is 0.124. The average molecular weight is 159 g/mol. The van der Waals surface area contributed by atoms with Crippen molar-refractivity contribution in [1.29, 1.82) is 0 Å². The molecule has 1 rings (SSSR count). The Balaban J connectivity index is 2.47. The maximum Gasteiger partial charge on any atom is 0.129 e. The van der Waals surface area contributed by atoms with E-state index in [0.717, 1.165) is 11.5 Å². The lowest BCUT2D eigenvalue weighted by Gasteiger charge is -2.33. The van der Waals surface area contributed by atoms with E-state index in [-0.39, 0.29) is 6.54 Å². The second-order valence-corrected chi connectivity index (χ2v) is 3.14. The van der Waals surface area contributed by atoms with Gasteiger partial charge in [-0.2, -0.15) is 5.06 Å². The normalized spacial score (nSPS) is 33.6. The van der Waals surface area contributed by atoms with Crippen molar-refractivity contribution in [2.75, 3.05) is 13.1 Å². The number of alkyl halides is 1. The molecule has 1 heterocycles. The largest absolute Gasteiger partial charge is 0.314 e. The second kappa shape index (κ2) is 3.32. The van der Waals surface area contributed by atoms with Gasteiger partial charge in [0.1, 0.15) is 5.67 Å². The van der Waals surface area contributed by atoms with Crippen molar-refractivity contribution in [3.63, 3.8) is 0 Å². The molecule has 1 saturated heterocycles. The number of rotatable bonds is 2. The topological polar surface area (TPSA) is 23.5 Å². The number of hydroxylamine groups is 2. The first-order valence-electron chi connectivity index (χ1n) is 3.90. The van der Waals surface area contributed by atoms with E-state index in [2.05, 4.69) is 6.58 Å². The SMILES string of the molecule is C=CC[C@]1(F)CCCN(O)C1. The lowest BCUT2D eigenvalue weighted by atomic mass is 9.92. The molecular weight excluding hydrogens is 145 g/mol. The van der Waals surface area contributed by atoms with E-state index >= 15 is 0 Å². The summed E-state index contributed by atoms with van der Waals surface area (Å²) in [7, 11) is 0. The summed E-state index contributed by atoms with van der Waals surface area (Å²) in [6.07, 6.45) is 3.17. The molecule has 1 N–H and O–H groups in total. The highest BCUT2D eigenvalue weighted by Gasteiger charge is 2.33. The third-order valence-electron chi connectivity index (χ3n) is 2.02. The number of hydrogen-bond acceptors (Lipinski definition) is 2. The predicted octanol–water partition coefficient (Wildman–Crippen LogP) is 1.76. The molecule has 1 atom stereocenters. The van der Waals surface area contributed by atoms with Crippen LogP contribution < -0.4 is 0 Å². The molecule has 0 spiro atoms. The molecule has 0 unspecified atom stereocenters. The fourth-order valence-electron chi connectivity index (χ4n) is 1.49. The van der Waals surface area contributed by atoms with Crippen LogP contribution in [0.15, 0.2) is 12.7 Å². The van der Waals surface area contributed by atoms with Crippen LogP contribution in [0.3, 0.4) is 0 Å². The molecule has 11 heavy (non-hydrogen) atoms. The van der Waals surface area contributed by atoms with E-state index in [9.17, 15) is 4.39 Å². The molecule has 0 aromatic rings. The van der Waals surface area contributed by atoms with E-state index in [0.29, 0.717) is 19.4 Å². The zero-order chi connectivity index (χ0) is 8.32. The summed E-state index contributed by atoms with van der Waals surface area (Å²) < 4.78 is 13.6. The van der Waals surface area contributed by atoms with Crippen molar-refractivity contribution >= 4 is 0 Å². The summed E-state index contributed by atoms with van der Waals surface area (Å²) in [6, 6.07) is 0. The van der Waals surface area contributed by atoms with Crippen LogP contribution in [0, 0.1) is 0 Å². The minimum atomic E-state index is -1.24. The molecule has 0 aromatic heterocycles. The van der Waals surface area contributed by atoms with Gasteiger partial charge >= 0.3 is 0 Å². The van der Waals surface area contributed by atoms with Gasteiger partial charge in [-0.15, -0.1) is 6.58 Å². The van der Waals surface area contributed by atoms with Gasteiger partial charge in [-0.25, -0.2) is 4.39 Å². The van der Waals surface area contributed by atoms with E-state index in [1.807, 2.05) is 0 Å². The van der Waals surface area contributed by atoms with Gasteiger partial charge in [-0.3, -0.25) is 0 Å². The third kappa shape index (κ3) is 2.27. The van der Waals surface area contributed by atoms with Gasteiger partial charge in [0.05, 0.1) is 6.54 Å². The van der Waals surface area contributed by atoms with E-state index in [1.165, 1.54) is 0 Å². The molecule has 0 amide bonds. The summed E-state index contributed by atoms with van der Waals surface area (Å²) in [4.78, 5) is 0. The van der Waals surface area contributed by atoms with Crippen molar-refractivity contribution in [1.82, 2.24) is 5.06 Å². The van der Waals surface area contributed by atoms with E-state index in [4.69, 9.17) is 5.21 Å². The first-order chi connectivity index (χ1) is 5.16. The van der Waals surface area contributed by atoms with Gasteiger partial charge in [0.25, 0.3) is 0 Å². The van der Waals surface area contributed by atoms with Crippen LogP contribution in [0.25, 0.3) is 0 Å². The Hall–Kier alpha value is -0.410. The molecular formula is C8H14FNO. The molecule has 0 saturated carbocycles. The first-order valence-corrected chi connectivity index (χ1v) is 3.90. The van der Waals surface area contributed by atoms with Gasteiger partial charge in [0, 0.05) is 13.0 Å². The molecule has 0 aliphatic carbocycles. The van der Waals surface area contributed by atoms with Gasteiger partial charge in [0.15, 0.2) is 0 Å². The number of halogens is 1. The first kappa shape index (κ1) is 8.68. The molecule has 2 nitrogen and oxygen atoms in total. The lowest BCUT2D eigenvalue weighted by molar-refractivity contribution is -0.143. The molecule has 0 bridgehead atoms. The van der Waals surface area contributed by atoms with Crippen LogP contribution in [0.1, 0.15) is 19.3 Å². The zero-order valence-electron chi connectivity index (χ0n) is 6.59. The quantitative estimate of drug-likeness (QED) is 0.620. The molecule has 64 valence electrons.